The van der Waals surface area contributed by atoms with Gasteiger partial charge in [0, 0.05) is 25.2 Å². The first-order valence-electron chi connectivity index (χ1n) is 6.81. The minimum atomic E-state index is 0.602. The lowest BCUT2D eigenvalue weighted by molar-refractivity contribution is -0.107. The molecule has 1 aromatic rings. The Balaban J connectivity index is 2.13. The fraction of sp³-hybridized carbons (Fsp3) is 0.533. The molecule has 1 aliphatic rings. The van der Waals surface area contributed by atoms with Gasteiger partial charge in [0.2, 0.25) is 0 Å². The van der Waals surface area contributed by atoms with Crippen molar-refractivity contribution >= 4 is 12.0 Å². The average molecular weight is 246 g/mol. The highest BCUT2D eigenvalue weighted by molar-refractivity contribution is 5.57. The van der Waals surface area contributed by atoms with Crippen LogP contribution in [0.5, 0.6) is 0 Å². The van der Waals surface area contributed by atoms with E-state index in [-0.39, 0.29) is 0 Å². The highest BCUT2D eigenvalue weighted by atomic mass is 16.1. The van der Waals surface area contributed by atoms with Crippen LogP contribution in [0.2, 0.25) is 0 Å². The summed E-state index contributed by atoms with van der Waals surface area (Å²) in [4.78, 5) is 13.0. The maximum absolute atomic E-state index is 10.5. The predicted octanol–water partition coefficient (Wildman–Crippen LogP) is 1.99. The van der Waals surface area contributed by atoms with Gasteiger partial charge in [-0.1, -0.05) is 18.2 Å². The zero-order valence-corrected chi connectivity index (χ0v) is 10.8. The van der Waals surface area contributed by atoms with Gasteiger partial charge in [0.15, 0.2) is 0 Å². The van der Waals surface area contributed by atoms with Crippen molar-refractivity contribution in [1.82, 2.24) is 0 Å². The molecule has 3 heteroatoms. The first-order chi connectivity index (χ1) is 8.85. The van der Waals surface area contributed by atoms with Crippen molar-refractivity contribution in [2.75, 3.05) is 24.5 Å². The van der Waals surface area contributed by atoms with Crippen molar-refractivity contribution in [2.24, 2.45) is 11.7 Å². The monoisotopic (exact) mass is 246 g/mol. The Morgan fingerprint density at radius 1 is 1.39 bits per heavy atom. The van der Waals surface area contributed by atoms with Crippen LogP contribution < -0.4 is 10.6 Å². The summed E-state index contributed by atoms with van der Waals surface area (Å²) in [6.45, 7) is 2.93. The number of hydrogen-bond acceptors (Lipinski definition) is 3. The van der Waals surface area contributed by atoms with Crippen LogP contribution in [-0.2, 0) is 11.2 Å². The molecule has 1 atom stereocenters. The molecule has 0 aliphatic carbocycles. The van der Waals surface area contributed by atoms with Crippen LogP contribution in [0.25, 0.3) is 0 Å². The molecule has 1 unspecified atom stereocenters. The Morgan fingerprint density at radius 2 is 2.22 bits per heavy atom. The van der Waals surface area contributed by atoms with E-state index in [0.29, 0.717) is 12.3 Å². The van der Waals surface area contributed by atoms with Crippen molar-refractivity contribution < 1.29 is 4.79 Å². The standard InChI is InChI=1S/C15H22N2O/c16-11-13-5-3-9-17(12-13)15-8-2-1-6-14(15)7-4-10-18/h1-2,6,8,10,13H,3-5,7,9,11-12,16H2. The van der Waals surface area contributed by atoms with E-state index in [9.17, 15) is 4.79 Å². The van der Waals surface area contributed by atoms with E-state index in [4.69, 9.17) is 5.73 Å². The molecule has 0 bridgehead atoms. The van der Waals surface area contributed by atoms with Gasteiger partial charge in [-0.2, -0.15) is 0 Å². The minimum Gasteiger partial charge on any atom is -0.371 e. The first kappa shape index (κ1) is 13.1. The number of nitrogens with zero attached hydrogens (tertiary/aromatic N) is 1. The number of hydrogen-bond donors (Lipinski definition) is 1. The molecule has 1 fully saturated rings. The molecule has 1 aliphatic heterocycles. The second-order valence-corrected chi connectivity index (χ2v) is 5.02. The van der Waals surface area contributed by atoms with Crippen LogP contribution in [-0.4, -0.2) is 25.9 Å². The summed E-state index contributed by atoms with van der Waals surface area (Å²) in [6.07, 6.45) is 4.89. The zero-order chi connectivity index (χ0) is 12.8. The molecule has 0 amide bonds. The third-order valence-electron chi connectivity index (χ3n) is 3.72. The van der Waals surface area contributed by atoms with E-state index in [1.54, 1.807) is 0 Å². The minimum absolute atomic E-state index is 0.602. The van der Waals surface area contributed by atoms with Crippen LogP contribution >= 0.6 is 0 Å². The Morgan fingerprint density at radius 3 is 3.00 bits per heavy atom. The predicted molar refractivity (Wildman–Crippen MR) is 74.8 cm³/mol. The largest absolute Gasteiger partial charge is 0.371 e. The molecule has 0 saturated carbocycles. The second-order valence-electron chi connectivity index (χ2n) is 5.02. The van der Waals surface area contributed by atoms with Gasteiger partial charge in [0.1, 0.15) is 6.29 Å². The second kappa shape index (κ2) is 6.55. The fourth-order valence-corrected chi connectivity index (χ4v) is 2.72. The van der Waals surface area contributed by atoms with E-state index in [0.717, 1.165) is 32.3 Å². The summed E-state index contributed by atoms with van der Waals surface area (Å²) in [5.41, 5.74) is 8.36. The molecule has 0 spiro atoms. The van der Waals surface area contributed by atoms with Crippen molar-refractivity contribution in [3.63, 3.8) is 0 Å². The van der Waals surface area contributed by atoms with Gasteiger partial charge in [0.05, 0.1) is 0 Å². The summed E-state index contributed by atoms with van der Waals surface area (Å²) in [5, 5.41) is 0. The SMILES string of the molecule is NCC1CCCN(c2ccccc2CCC=O)C1. The summed E-state index contributed by atoms with van der Waals surface area (Å²) in [5.74, 6) is 0.609. The molecular weight excluding hydrogens is 224 g/mol. The van der Waals surface area contributed by atoms with Gasteiger partial charge < -0.3 is 15.4 Å². The molecule has 98 valence electrons. The maximum Gasteiger partial charge on any atom is 0.120 e. The number of benzene rings is 1. The molecular formula is C15H22N2O. The quantitative estimate of drug-likeness (QED) is 0.808. The van der Waals surface area contributed by atoms with E-state index in [2.05, 4.69) is 23.1 Å². The molecule has 2 N–H and O–H groups in total. The zero-order valence-electron chi connectivity index (χ0n) is 10.8. The van der Waals surface area contributed by atoms with E-state index in [1.165, 1.54) is 24.1 Å². The van der Waals surface area contributed by atoms with Crippen LogP contribution in [0.4, 0.5) is 5.69 Å². The molecule has 18 heavy (non-hydrogen) atoms. The lowest BCUT2D eigenvalue weighted by Crippen LogP contribution is -2.38. The Hall–Kier alpha value is -1.35. The lowest BCUT2D eigenvalue weighted by Gasteiger charge is -2.35. The summed E-state index contributed by atoms with van der Waals surface area (Å²) in [7, 11) is 0. The van der Waals surface area contributed by atoms with Crippen molar-refractivity contribution in [2.45, 2.75) is 25.7 Å². The topological polar surface area (TPSA) is 46.3 Å². The third-order valence-corrected chi connectivity index (χ3v) is 3.72. The third kappa shape index (κ3) is 3.10. The Labute approximate surface area is 109 Å². The van der Waals surface area contributed by atoms with Crippen molar-refractivity contribution in [3.05, 3.63) is 29.8 Å². The van der Waals surface area contributed by atoms with E-state index < -0.39 is 0 Å². The number of para-hydroxylation sites is 1. The van der Waals surface area contributed by atoms with Crippen LogP contribution in [0, 0.1) is 5.92 Å². The summed E-state index contributed by atoms with van der Waals surface area (Å²) < 4.78 is 0. The molecule has 0 radical (unpaired) electrons. The number of carbonyl (C=O) groups excluding carboxylic acids is 1. The van der Waals surface area contributed by atoms with Crippen LogP contribution in [0.1, 0.15) is 24.8 Å². The summed E-state index contributed by atoms with van der Waals surface area (Å²) in [6, 6.07) is 8.42. The average Bonchev–Trinajstić information content (AvgIpc) is 2.45. The number of aldehydes is 1. The lowest BCUT2D eigenvalue weighted by atomic mass is 9.96. The van der Waals surface area contributed by atoms with Crippen molar-refractivity contribution in [3.8, 4) is 0 Å². The fourth-order valence-electron chi connectivity index (χ4n) is 2.72. The Bertz CT molecular complexity index is 392. The number of nitrogens with two attached hydrogens (primary N) is 1. The highest BCUT2D eigenvalue weighted by Gasteiger charge is 2.20. The van der Waals surface area contributed by atoms with Gasteiger partial charge in [-0.25, -0.2) is 0 Å². The number of aryl methyl sites for hydroxylation is 1. The summed E-state index contributed by atoms with van der Waals surface area (Å²) >= 11 is 0. The number of carbonyl (C=O) groups is 1. The molecule has 1 saturated heterocycles. The van der Waals surface area contributed by atoms with E-state index >= 15 is 0 Å². The number of piperidine rings is 1. The Kier molecular flexibility index (Phi) is 4.76. The van der Waals surface area contributed by atoms with Gasteiger partial charge in [-0.15, -0.1) is 0 Å². The van der Waals surface area contributed by atoms with E-state index in [1.807, 2.05) is 6.07 Å². The highest BCUT2D eigenvalue weighted by Crippen LogP contribution is 2.26. The number of anilines is 1. The van der Waals surface area contributed by atoms with Gasteiger partial charge >= 0.3 is 0 Å². The normalized spacial score (nSPS) is 19.8. The molecule has 1 heterocycles. The molecule has 0 aromatic heterocycles. The molecule has 2 rings (SSSR count). The smallest absolute Gasteiger partial charge is 0.120 e. The van der Waals surface area contributed by atoms with Crippen LogP contribution in [0.15, 0.2) is 24.3 Å². The first-order valence-corrected chi connectivity index (χ1v) is 6.81. The van der Waals surface area contributed by atoms with Gasteiger partial charge in [0.25, 0.3) is 0 Å². The molecule has 1 aromatic carbocycles. The van der Waals surface area contributed by atoms with Gasteiger partial charge in [-0.3, -0.25) is 0 Å². The van der Waals surface area contributed by atoms with Gasteiger partial charge in [-0.05, 0) is 43.4 Å². The number of rotatable bonds is 5. The van der Waals surface area contributed by atoms with Crippen LogP contribution in [0.3, 0.4) is 0 Å². The maximum atomic E-state index is 10.5. The van der Waals surface area contributed by atoms with Crippen molar-refractivity contribution in [1.29, 1.82) is 0 Å². The molecule has 3 nitrogen and oxygen atoms in total.